The first-order valence-corrected chi connectivity index (χ1v) is 16.7. The molecule has 6 rings (SSSR count). The Kier molecular flexibility index (Phi) is 15.3. The second-order valence-electron chi connectivity index (χ2n) is 12.4. The number of fused-ring (bicyclic) bond motifs is 4. The van der Waals surface area contributed by atoms with Crippen LogP contribution in [-0.4, -0.2) is 62.7 Å². The Labute approximate surface area is 330 Å². The largest absolute Gasteiger partial charge is 0.480 e. The van der Waals surface area contributed by atoms with Gasteiger partial charge in [-0.2, -0.15) is 16.8 Å². The zero-order valence-corrected chi connectivity index (χ0v) is 31.9. The number of carboxylic acids is 1. The monoisotopic (exact) mass is 781 g/mol. The van der Waals surface area contributed by atoms with E-state index < -0.39 is 11.9 Å². The fourth-order valence-corrected chi connectivity index (χ4v) is 6.87. The van der Waals surface area contributed by atoms with E-state index in [-0.39, 0.29) is 39.8 Å². The molecule has 3 radical (unpaired) electrons. The number of benzene rings is 4. The number of hydrogen-bond acceptors (Lipinski definition) is 8. The topological polar surface area (TPSA) is 171 Å². The van der Waals surface area contributed by atoms with Gasteiger partial charge in [0.25, 0.3) is 0 Å². The maximum absolute atomic E-state index is 13.0. The van der Waals surface area contributed by atoms with Crippen LogP contribution in [0.15, 0.2) is 70.3 Å². The molecule has 0 aliphatic heterocycles. The summed E-state index contributed by atoms with van der Waals surface area (Å²) in [6, 6.07) is 17.6. The van der Waals surface area contributed by atoms with E-state index in [0.29, 0.717) is 65.0 Å². The van der Waals surface area contributed by atoms with Crippen LogP contribution in [0.1, 0.15) is 18.6 Å². The third-order valence-corrected chi connectivity index (χ3v) is 8.89. The highest BCUT2D eigenvalue weighted by atomic mass is 35.5. The van der Waals surface area contributed by atoms with Crippen LogP contribution in [0.25, 0.3) is 48.6 Å². The Bertz CT molecular complexity index is 2640. The van der Waals surface area contributed by atoms with Gasteiger partial charge in [-0.3, -0.25) is 19.2 Å². The molecule has 2 aromatic heterocycles. The van der Waals surface area contributed by atoms with Gasteiger partial charge in [-0.15, -0.1) is 0 Å². The predicted molar refractivity (Wildman–Crippen MR) is 224 cm³/mol. The molecule has 0 aliphatic carbocycles. The molecule has 0 atom stereocenters. The molecule has 4 N–H and O–H groups in total. The number of pyridine rings is 2. The number of nitrogens with zero attached hydrogens (tertiary/aromatic N) is 6. The minimum absolute atomic E-state index is 0. The first-order chi connectivity index (χ1) is 25.1. The molecule has 0 unspecified atom stereocenters. The number of nitriles is 1. The van der Waals surface area contributed by atoms with Gasteiger partial charge in [0.05, 0.1) is 43.5 Å². The summed E-state index contributed by atoms with van der Waals surface area (Å²) < 4.78 is 3.41. The third-order valence-electron chi connectivity index (χ3n) is 8.28. The number of aliphatic carboxylic acids is 1. The lowest BCUT2D eigenvalue weighted by molar-refractivity contribution is -0.137. The van der Waals surface area contributed by atoms with Crippen LogP contribution >= 0.6 is 23.2 Å². The van der Waals surface area contributed by atoms with Gasteiger partial charge in [0.2, 0.25) is 0 Å². The second kappa shape index (κ2) is 18.7. The van der Waals surface area contributed by atoms with Crippen LogP contribution in [0.4, 0.5) is 11.4 Å². The highest BCUT2D eigenvalue weighted by molar-refractivity contribution is 6.35. The molecule has 0 bridgehead atoms. The SMILES string of the molecule is C.Cc1ccc2c(=O)c3ccc(Cl)c(N(C)C)c3n(CC(=O)O)c2c1.N#CN.[B].[C-]#[N+]NC(=O)Cn1c2cc(C)ccc2c(=O)c2ccc(Cl)c(N(C)C)c21. The van der Waals surface area contributed by atoms with Crippen molar-refractivity contribution in [3.63, 3.8) is 0 Å². The maximum atomic E-state index is 13.0. The van der Waals surface area contributed by atoms with E-state index in [4.69, 9.17) is 35.0 Å². The molecule has 6 aromatic rings. The summed E-state index contributed by atoms with van der Waals surface area (Å²) >= 11 is 12.7. The molecule has 0 spiro atoms. The number of hydrogen-bond donors (Lipinski definition) is 3. The molecule has 2 heterocycles. The lowest BCUT2D eigenvalue weighted by Gasteiger charge is -2.22. The quantitative estimate of drug-likeness (QED) is 0.0453. The molecule has 283 valence electrons. The number of amides is 1. The molecule has 13 nitrogen and oxygen atoms in total. The van der Waals surface area contributed by atoms with Crippen molar-refractivity contribution in [2.75, 3.05) is 38.0 Å². The summed E-state index contributed by atoms with van der Waals surface area (Å²) in [6.45, 7) is 10.3. The van der Waals surface area contributed by atoms with Crippen molar-refractivity contribution in [2.45, 2.75) is 34.4 Å². The number of aromatic nitrogens is 2. The number of nitrogens with one attached hydrogen (secondary N) is 1. The summed E-state index contributed by atoms with van der Waals surface area (Å²) in [7, 11) is 7.29. The predicted octanol–water partition coefficient (Wildman–Crippen LogP) is 6.08. The van der Waals surface area contributed by atoms with Crippen LogP contribution in [0, 0.1) is 31.9 Å². The zero-order valence-electron chi connectivity index (χ0n) is 30.4. The smallest absolute Gasteiger partial charge is 0.323 e. The number of aryl methyl sites for hydroxylation is 2. The summed E-state index contributed by atoms with van der Waals surface area (Å²) in [5.41, 5.74) is 11.6. The number of carbonyl (C=O) groups is 2. The van der Waals surface area contributed by atoms with Gasteiger partial charge >= 0.3 is 11.9 Å². The van der Waals surface area contributed by atoms with Crippen LogP contribution in [0.2, 0.25) is 10.0 Å². The van der Waals surface area contributed by atoms with Crippen molar-refractivity contribution in [3.05, 3.63) is 114 Å². The summed E-state index contributed by atoms with van der Waals surface area (Å²) in [4.78, 5) is 56.1. The minimum Gasteiger partial charge on any atom is -0.480 e. The van der Waals surface area contributed by atoms with Gasteiger partial charge in [-0.25, -0.2) is 0 Å². The molecule has 0 fully saturated rings. The van der Waals surface area contributed by atoms with Crippen molar-refractivity contribution >= 4 is 98.5 Å². The van der Waals surface area contributed by atoms with Crippen molar-refractivity contribution < 1.29 is 14.7 Å². The lowest BCUT2D eigenvalue weighted by Crippen LogP contribution is -2.25. The Morgan fingerprint density at radius 3 is 1.51 bits per heavy atom. The van der Waals surface area contributed by atoms with Crippen molar-refractivity contribution in [1.82, 2.24) is 14.6 Å². The van der Waals surface area contributed by atoms with Crippen LogP contribution in [-0.2, 0) is 22.7 Å². The first-order valence-electron chi connectivity index (χ1n) is 15.9. The first kappa shape index (κ1) is 44.9. The standard InChI is InChI=1S/C19H17ClN4O2.C18H17ClN2O3.CH2N2.CH4.B/c1-11-5-6-12-15(9-11)24(10-16(25)22-21-2)17-13(19(12)26)7-8-14(20)18(17)23(3)4;1-10-4-5-11-14(8-10)21(9-15(22)23)16-12(18(11)24)6-7-13(19)17(16)20(2)3;2-1-3;;/h5-9H,10H2,1,3-4H3,(H,22,25);4-8H,9H2,1-3H3,(H,22,23);2H2;1H4;. The van der Waals surface area contributed by atoms with E-state index in [1.54, 1.807) is 50.4 Å². The van der Waals surface area contributed by atoms with Crippen molar-refractivity contribution in [1.29, 1.82) is 5.26 Å². The van der Waals surface area contributed by atoms with E-state index in [1.165, 1.54) is 6.19 Å². The molecule has 1 amide bonds. The Morgan fingerprint density at radius 2 is 1.16 bits per heavy atom. The molecule has 16 heteroatoms. The summed E-state index contributed by atoms with van der Waals surface area (Å²) in [6.07, 6.45) is 1.25. The molecule has 0 aliphatic rings. The van der Waals surface area contributed by atoms with Gasteiger partial charge in [0.15, 0.2) is 17.1 Å². The van der Waals surface area contributed by atoms with E-state index in [0.717, 1.165) is 11.1 Å². The summed E-state index contributed by atoms with van der Waals surface area (Å²) in [5, 5.41) is 19.4. The van der Waals surface area contributed by atoms with Gasteiger partial charge in [0.1, 0.15) is 13.1 Å². The average molecular weight is 783 g/mol. The van der Waals surface area contributed by atoms with E-state index in [1.807, 2.05) is 71.2 Å². The Hall–Kier alpha value is -6.22. The number of anilines is 2. The summed E-state index contributed by atoms with van der Waals surface area (Å²) in [5.74, 6) is -1.44. The molecule has 55 heavy (non-hydrogen) atoms. The maximum Gasteiger partial charge on any atom is 0.323 e. The number of carboxylic acid groups (broad SMARTS) is 1. The molecular weight excluding hydrogens is 742 g/mol. The van der Waals surface area contributed by atoms with Gasteiger partial charge in [0, 0.05) is 58.1 Å². The third kappa shape index (κ3) is 9.12. The lowest BCUT2D eigenvalue weighted by atomic mass is 10.1. The fraction of sp³-hybridized carbons (Fsp3) is 0.231. The van der Waals surface area contributed by atoms with Gasteiger partial charge in [-0.1, -0.05) is 48.2 Å². The molecule has 0 saturated heterocycles. The van der Waals surface area contributed by atoms with E-state index in [2.05, 4.69) is 16.1 Å². The molecular formula is C39H40BCl2N8O5. The van der Waals surface area contributed by atoms with Crippen molar-refractivity contribution in [2.24, 2.45) is 5.73 Å². The molecule has 4 aromatic carbocycles. The van der Waals surface area contributed by atoms with Crippen LogP contribution in [0.3, 0.4) is 0 Å². The van der Waals surface area contributed by atoms with E-state index >= 15 is 0 Å². The minimum atomic E-state index is -0.979. The molecule has 0 saturated carbocycles. The number of carbonyl (C=O) groups excluding carboxylic acids is 1. The Morgan fingerprint density at radius 1 is 0.800 bits per heavy atom. The normalized spacial score (nSPS) is 10.1. The number of rotatable bonds is 6. The van der Waals surface area contributed by atoms with Crippen molar-refractivity contribution in [3.8, 4) is 6.19 Å². The van der Waals surface area contributed by atoms with Crippen LogP contribution in [0.5, 0.6) is 0 Å². The van der Waals surface area contributed by atoms with Gasteiger partial charge < -0.3 is 29.8 Å². The van der Waals surface area contributed by atoms with E-state index in [9.17, 15) is 24.3 Å². The number of halogens is 2. The zero-order chi connectivity index (χ0) is 39.3. The number of nitrogens with two attached hydrogens (primary N) is 1. The van der Waals surface area contributed by atoms with Crippen LogP contribution < -0.4 is 31.8 Å². The second-order valence-corrected chi connectivity index (χ2v) is 13.2. The highest BCUT2D eigenvalue weighted by Gasteiger charge is 2.21. The average Bonchev–Trinajstić information content (AvgIpc) is 3.08. The Balaban J connectivity index is 0.000000344. The highest BCUT2D eigenvalue weighted by Crippen LogP contribution is 2.35. The fourth-order valence-electron chi connectivity index (χ4n) is 6.22. The van der Waals surface area contributed by atoms with Gasteiger partial charge in [-0.05, 0) is 73.5 Å².